The standard InChI is InChI=1S/C34H28Br2/c1-21-9-5-13-25(17-21)29-30(26-14-6-10-22(2)18-26)34(36)32(28-16-8-12-24(4)20-28)31(33(29)35)27-15-7-11-23(3)19-27/h5-20H,1-4H3. The molecule has 0 radical (unpaired) electrons. The maximum Gasteiger partial charge on any atom is 0.0345 e. The predicted molar refractivity (Wildman–Crippen MR) is 163 cm³/mol. The minimum atomic E-state index is 1.11. The van der Waals surface area contributed by atoms with E-state index in [2.05, 4.69) is 157 Å². The SMILES string of the molecule is Cc1cccc(-c2c(Br)c(-c3cccc(C)c3)c(-c3cccc(C)c3)c(Br)c2-c2cccc(C)c2)c1. The molecule has 0 aliphatic rings. The second kappa shape index (κ2) is 10.2. The second-order valence-corrected chi connectivity index (χ2v) is 11.2. The van der Waals surface area contributed by atoms with Gasteiger partial charge in [-0.1, -0.05) is 119 Å². The zero-order valence-corrected chi connectivity index (χ0v) is 24.2. The summed E-state index contributed by atoms with van der Waals surface area (Å²) in [6.45, 7) is 8.62. The summed E-state index contributed by atoms with van der Waals surface area (Å²) < 4.78 is 2.21. The summed E-state index contributed by atoms with van der Waals surface area (Å²) in [7, 11) is 0. The predicted octanol–water partition coefficient (Wildman–Crippen LogP) is 11.1. The van der Waals surface area contributed by atoms with Crippen molar-refractivity contribution >= 4 is 31.9 Å². The number of aryl methyl sites for hydroxylation is 4. The molecule has 0 unspecified atom stereocenters. The number of hydrogen-bond acceptors (Lipinski definition) is 0. The quantitative estimate of drug-likeness (QED) is 0.194. The second-order valence-electron chi connectivity index (χ2n) is 9.61. The van der Waals surface area contributed by atoms with Crippen LogP contribution in [0.5, 0.6) is 0 Å². The highest BCUT2D eigenvalue weighted by molar-refractivity contribution is 9.11. The maximum atomic E-state index is 4.15. The molecule has 0 saturated carbocycles. The fourth-order valence-electron chi connectivity index (χ4n) is 4.98. The number of hydrogen-bond donors (Lipinski definition) is 0. The molecule has 5 aromatic rings. The number of halogens is 2. The lowest BCUT2D eigenvalue weighted by Crippen LogP contribution is -1.98. The molecular weight excluding hydrogens is 568 g/mol. The molecule has 5 aromatic carbocycles. The van der Waals surface area contributed by atoms with E-state index in [1.54, 1.807) is 0 Å². The molecule has 0 N–H and O–H groups in total. The monoisotopic (exact) mass is 594 g/mol. The van der Waals surface area contributed by atoms with Gasteiger partial charge in [-0.05, 0) is 81.8 Å². The Labute approximate surface area is 231 Å². The first kappa shape index (κ1) is 24.7. The van der Waals surface area contributed by atoms with Crippen LogP contribution in [0.3, 0.4) is 0 Å². The molecule has 0 aromatic heterocycles. The van der Waals surface area contributed by atoms with E-state index < -0.39 is 0 Å². The number of rotatable bonds is 4. The third-order valence-corrected chi connectivity index (χ3v) is 8.19. The Bertz CT molecular complexity index is 1360. The Morgan fingerprint density at radius 2 is 0.583 bits per heavy atom. The van der Waals surface area contributed by atoms with E-state index in [0.29, 0.717) is 0 Å². The van der Waals surface area contributed by atoms with Crippen LogP contribution in [0.2, 0.25) is 0 Å². The molecular formula is C34H28Br2. The molecule has 0 bridgehead atoms. The first-order valence-corrected chi connectivity index (χ1v) is 13.7. The maximum absolute atomic E-state index is 4.15. The minimum absolute atomic E-state index is 1.11. The zero-order valence-electron chi connectivity index (χ0n) is 21.0. The minimum Gasteiger partial charge on any atom is -0.0614 e. The van der Waals surface area contributed by atoms with E-state index in [-0.39, 0.29) is 0 Å². The van der Waals surface area contributed by atoms with E-state index in [1.165, 1.54) is 66.8 Å². The lowest BCUT2D eigenvalue weighted by Gasteiger charge is -2.24. The van der Waals surface area contributed by atoms with E-state index >= 15 is 0 Å². The van der Waals surface area contributed by atoms with Crippen molar-refractivity contribution in [3.8, 4) is 44.5 Å². The highest BCUT2D eigenvalue weighted by atomic mass is 79.9. The van der Waals surface area contributed by atoms with Crippen molar-refractivity contribution in [3.63, 3.8) is 0 Å². The Morgan fingerprint density at radius 1 is 0.361 bits per heavy atom. The van der Waals surface area contributed by atoms with Crippen molar-refractivity contribution in [1.29, 1.82) is 0 Å². The Balaban J connectivity index is 1.99. The van der Waals surface area contributed by atoms with Crippen LogP contribution in [0.15, 0.2) is 106 Å². The topological polar surface area (TPSA) is 0 Å². The van der Waals surface area contributed by atoms with Crippen LogP contribution in [0.1, 0.15) is 22.3 Å². The smallest absolute Gasteiger partial charge is 0.0345 e. The fraction of sp³-hybridized carbons (Fsp3) is 0.118. The summed E-state index contributed by atoms with van der Waals surface area (Å²) in [6.07, 6.45) is 0. The van der Waals surface area contributed by atoms with Gasteiger partial charge in [0.25, 0.3) is 0 Å². The van der Waals surface area contributed by atoms with Crippen molar-refractivity contribution < 1.29 is 0 Å². The van der Waals surface area contributed by atoms with Crippen LogP contribution < -0.4 is 0 Å². The molecule has 178 valence electrons. The lowest BCUT2D eigenvalue weighted by atomic mass is 9.84. The third kappa shape index (κ3) is 4.73. The highest BCUT2D eigenvalue weighted by Crippen LogP contribution is 2.53. The first-order chi connectivity index (χ1) is 17.3. The van der Waals surface area contributed by atoms with Gasteiger partial charge < -0.3 is 0 Å². The van der Waals surface area contributed by atoms with Crippen LogP contribution >= 0.6 is 31.9 Å². The fourth-order valence-corrected chi connectivity index (χ4v) is 6.68. The van der Waals surface area contributed by atoms with E-state index in [4.69, 9.17) is 0 Å². The molecule has 0 saturated heterocycles. The molecule has 5 rings (SSSR count). The number of benzene rings is 5. The van der Waals surface area contributed by atoms with Gasteiger partial charge in [0.1, 0.15) is 0 Å². The summed E-state index contributed by atoms with van der Waals surface area (Å²) in [4.78, 5) is 0. The summed E-state index contributed by atoms with van der Waals surface area (Å²) in [5.41, 5.74) is 14.5. The Kier molecular flexibility index (Phi) is 7.01. The Morgan fingerprint density at radius 3 is 0.778 bits per heavy atom. The van der Waals surface area contributed by atoms with Gasteiger partial charge in [-0.3, -0.25) is 0 Å². The molecule has 0 aliphatic carbocycles. The van der Waals surface area contributed by atoms with Gasteiger partial charge in [0.15, 0.2) is 0 Å². The lowest BCUT2D eigenvalue weighted by molar-refractivity contribution is 1.42. The molecule has 0 spiro atoms. The molecule has 0 amide bonds. The van der Waals surface area contributed by atoms with Gasteiger partial charge in [0.2, 0.25) is 0 Å². The van der Waals surface area contributed by atoms with Crippen LogP contribution in [-0.2, 0) is 0 Å². The summed E-state index contributed by atoms with van der Waals surface area (Å²) in [5, 5.41) is 0. The highest BCUT2D eigenvalue weighted by Gasteiger charge is 2.25. The van der Waals surface area contributed by atoms with Crippen LogP contribution in [0.25, 0.3) is 44.5 Å². The Hall–Kier alpha value is -2.94. The van der Waals surface area contributed by atoms with Gasteiger partial charge >= 0.3 is 0 Å². The normalized spacial score (nSPS) is 11.1. The van der Waals surface area contributed by atoms with Crippen molar-refractivity contribution in [2.24, 2.45) is 0 Å². The summed E-state index contributed by atoms with van der Waals surface area (Å²) in [5.74, 6) is 0. The first-order valence-electron chi connectivity index (χ1n) is 12.2. The molecule has 0 heterocycles. The van der Waals surface area contributed by atoms with Crippen molar-refractivity contribution in [3.05, 3.63) is 128 Å². The largest absolute Gasteiger partial charge is 0.0614 e. The van der Waals surface area contributed by atoms with Crippen molar-refractivity contribution in [2.45, 2.75) is 27.7 Å². The van der Waals surface area contributed by atoms with Crippen LogP contribution in [0, 0.1) is 27.7 Å². The summed E-state index contributed by atoms with van der Waals surface area (Å²) >= 11 is 8.30. The van der Waals surface area contributed by atoms with Gasteiger partial charge in [-0.2, -0.15) is 0 Å². The van der Waals surface area contributed by atoms with E-state index in [0.717, 1.165) is 8.95 Å². The molecule has 36 heavy (non-hydrogen) atoms. The van der Waals surface area contributed by atoms with E-state index in [9.17, 15) is 0 Å². The molecule has 0 nitrogen and oxygen atoms in total. The molecule has 0 aliphatic heterocycles. The summed E-state index contributed by atoms with van der Waals surface area (Å²) in [6, 6.07) is 35.2. The van der Waals surface area contributed by atoms with Crippen LogP contribution in [-0.4, -0.2) is 0 Å². The van der Waals surface area contributed by atoms with Gasteiger partial charge in [0, 0.05) is 31.2 Å². The third-order valence-electron chi connectivity index (χ3n) is 6.60. The molecule has 0 atom stereocenters. The van der Waals surface area contributed by atoms with E-state index in [1.807, 2.05) is 0 Å². The van der Waals surface area contributed by atoms with Crippen molar-refractivity contribution in [1.82, 2.24) is 0 Å². The van der Waals surface area contributed by atoms with Crippen LogP contribution in [0.4, 0.5) is 0 Å². The van der Waals surface area contributed by atoms with Crippen molar-refractivity contribution in [2.75, 3.05) is 0 Å². The average Bonchev–Trinajstić information content (AvgIpc) is 2.84. The molecule has 0 fully saturated rings. The van der Waals surface area contributed by atoms with Gasteiger partial charge in [-0.15, -0.1) is 0 Å². The zero-order chi connectivity index (χ0) is 25.4. The van der Waals surface area contributed by atoms with Gasteiger partial charge in [0.05, 0.1) is 0 Å². The average molecular weight is 596 g/mol. The van der Waals surface area contributed by atoms with Gasteiger partial charge in [-0.25, -0.2) is 0 Å². The molecule has 2 heteroatoms.